The third-order valence-electron chi connectivity index (χ3n) is 24.5. The molecular weight excluding hydrogens is 1290 g/mol. The van der Waals surface area contributed by atoms with Crippen LogP contribution in [-0.2, 0) is 16.2 Å². The first-order valence-electron chi connectivity index (χ1n) is 36.1. The van der Waals surface area contributed by atoms with Gasteiger partial charge in [0.05, 0.1) is 89.1 Å². The van der Waals surface area contributed by atoms with E-state index in [2.05, 4.69) is 315 Å². The molecule has 0 amide bonds. The lowest BCUT2D eigenvalue weighted by molar-refractivity contribution is 0.660. The number of rotatable bonds is 5. The van der Waals surface area contributed by atoms with E-state index in [1.807, 2.05) is 24.3 Å². The summed E-state index contributed by atoms with van der Waals surface area (Å²) in [6.45, 7) is 13.9. The van der Waals surface area contributed by atoms with Crippen LogP contribution < -0.4 is 0 Å². The van der Waals surface area contributed by atoms with Gasteiger partial charge in [0.1, 0.15) is 35.4 Å². The molecule has 14 aromatic carbocycles. The topological polar surface area (TPSA) is 128 Å². The fourth-order valence-electron chi connectivity index (χ4n) is 19.5. The molecule has 0 radical (unpaired) electrons. The van der Waals surface area contributed by atoms with E-state index in [0.29, 0.717) is 16.7 Å². The van der Waals surface area contributed by atoms with E-state index >= 15 is 0 Å². The summed E-state index contributed by atoms with van der Waals surface area (Å²) in [5.74, 6) is 0. The first-order valence-corrected chi connectivity index (χ1v) is 36.1. The number of fused-ring (bicyclic) bond motifs is 24. The summed E-state index contributed by atoms with van der Waals surface area (Å²) in [6.07, 6.45) is 0. The van der Waals surface area contributed by atoms with E-state index in [1.165, 1.54) is 66.8 Å². The Kier molecular flexibility index (Phi) is 11.6. The third kappa shape index (κ3) is 7.57. The molecule has 3 aliphatic carbocycles. The predicted molar refractivity (Wildman–Crippen MR) is 428 cm³/mol. The molecule has 22 rings (SSSR count). The van der Waals surface area contributed by atoms with Crippen LogP contribution in [0.25, 0.3) is 176 Å². The Morgan fingerprint density at radius 2 is 0.585 bits per heavy atom. The van der Waals surface area contributed by atoms with Crippen molar-refractivity contribution in [2.45, 2.75) is 57.8 Å². The largest absolute Gasteiger partial charge is 0.456 e. The number of hydrogen-bond donors (Lipinski definition) is 0. The average Bonchev–Trinajstić information content (AvgIpc) is 1.53. The highest BCUT2D eigenvalue weighted by atomic mass is 16.3. The summed E-state index contributed by atoms with van der Waals surface area (Å²) in [5.41, 5.74) is 29.3. The molecule has 494 valence electrons. The number of benzene rings is 14. The minimum absolute atomic E-state index is 0.284. The van der Waals surface area contributed by atoms with Gasteiger partial charge in [0.2, 0.25) is 0 Å². The first kappa shape index (κ1) is 59.7. The smallest absolute Gasteiger partial charge is 0.137 e. The molecule has 0 N–H and O–H groups in total. The van der Waals surface area contributed by atoms with E-state index in [1.54, 1.807) is 0 Å². The van der Waals surface area contributed by atoms with Crippen molar-refractivity contribution in [3.63, 3.8) is 0 Å². The Balaban J connectivity index is 0.772. The average molecular weight is 1350 g/mol. The molecule has 19 aromatic rings. The molecule has 9 heteroatoms. The summed E-state index contributed by atoms with van der Waals surface area (Å²) in [6, 6.07) is 101. The molecule has 5 aromatic heterocycles. The van der Waals surface area contributed by atoms with Crippen molar-refractivity contribution in [3.8, 4) is 91.5 Å². The lowest BCUT2D eigenvalue weighted by atomic mass is 9.82. The fraction of sp³-hybridized carbons (Fsp3) is 0.0928. The zero-order chi connectivity index (χ0) is 71.3. The molecule has 0 unspecified atom stereocenters. The zero-order valence-corrected chi connectivity index (χ0v) is 58.7. The van der Waals surface area contributed by atoms with E-state index in [9.17, 15) is 21.0 Å². The standard InChI is InChI=1S/C97H60N8O/c1-95(2)74-27-13-7-20-59(74)66-41-69-70-42-67-60-21-8-14-28-75(60)96(3,4)78(67)46-85(70)104(84(69)45-77(66)95)91-39-57(52-101)55(50-99)37-89(91)103-82-32-18-12-25-65(82)94-58(26-19-33-83(94)103)53-34-35-64-73-44-72-71-43-68-61-22-9-15-29-76(61)97(5,6)79(68)47-86(71)105(87(72)48-93(73)106-92(64)40-53)90-38-56(51-100)54(49-98)36-88(90)102-80-30-16-10-23-62(80)63-24-11-17-31-81(63)102/h7-48H,1-6H3. The van der Waals surface area contributed by atoms with Crippen LogP contribution in [0.4, 0.5) is 0 Å². The van der Waals surface area contributed by atoms with Gasteiger partial charge in [0.25, 0.3) is 0 Å². The highest BCUT2D eigenvalue weighted by Crippen LogP contribution is 2.57. The van der Waals surface area contributed by atoms with Crippen molar-refractivity contribution in [2.75, 3.05) is 0 Å². The molecule has 0 bridgehead atoms. The van der Waals surface area contributed by atoms with Gasteiger partial charge >= 0.3 is 0 Å². The van der Waals surface area contributed by atoms with Gasteiger partial charge in [-0.3, -0.25) is 0 Å². The minimum Gasteiger partial charge on any atom is -0.456 e. The Hall–Kier alpha value is -14.0. The van der Waals surface area contributed by atoms with Crippen molar-refractivity contribution in [1.82, 2.24) is 18.3 Å². The third-order valence-corrected chi connectivity index (χ3v) is 24.5. The van der Waals surface area contributed by atoms with Gasteiger partial charge in [-0.15, -0.1) is 0 Å². The van der Waals surface area contributed by atoms with Crippen LogP contribution >= 0.6 is 0 Å². The zero-order valence-electron chi connectivity index (χ0n) is 58.7. The molecule has 0 spiro atoms. The van der Waals surface area contributed by atoms with Crippen LogP contribution in [0.1, 0.15) is 97.2 Å². The summed E-state index contributed by atoms with van der Waals surface area (Å²) in [7, 11) is 0. The van der Waals surface area contributed by atoms with E-state index in [0.717, 1.165) is 137 Å². The molecule has 0 fully saturated rings. The summed E-state index contributed by atoms with van der Waals surface area (Å²) in [4.78, 5) is 0. The SMILES string of the molecule is CC1(C)c2ccccc2-c2cc3c4cc5c(cc4n(-c4cc(C#N)c(C#N)cc4-n4c6ccccc6c6ccccc64)c3cc21)oc1cc(-c2cccc3c2c2ccccc2n3-c2cc(C#N)c(C#N)cc2-n2c3cc4c(cc3c3cc6c(cc32)C(C)(C)c2ccccc2-6)-c2ccccc2C4(C)C)ccc15. The maximum atomic E-state index is 11.1. The Morgan fingerprint density at radius 1 is 0.245 bits per heavy atom. The van der Waals surface area contributed by atoms with Gasteiger partial charge in [0.15, 0.2) is 0 Å². The minimum atomic E-state index is -0.319. The number of aromatic nitrogens is 4. The lowest BCUT2D eigenvalue weighted by Gasteiger charge is -2.23. The molecule has 0 aliphatic heterocycles. The Labute approximate surface area is 608 Å². The Morgan fingerprint density at radius 3 is 1.03 bits per heavy atom. The second kappa shape index (κ2) is 20.7. The van der Waals surface area contributed by atoms with Crippen molar-refractivity contribution >= 4 is 109 Å². The highest BCUT2D eigenvalue weighted by molar-refractivity contribution is 6.22. The lowest BCUT2D eigenvalue weighted by Crippen LogP contribution is -2.15. The number of nitriles is 4. The molecule has 3 aliphatic rings. The van der Waals surface area contributed by atoms with Gasteiger partial charge in [-0.25, -0.2) is 0 Å². The van der Waals surface area contributed by atoms with Crippen molar-refractivity contribution in [3.05, 3.63) is 310 Å². The first-order chi connectivity index (χ1) is 51.7. The van der Waals surface area contributed by atoms with Crippen LogP contribution in [0.5, 0.6) is 0 Å². The van der Waals surface area contributed by atoms with E-state index in [-0.39, 0.29) is 27.4 Å². The molecule has 106 heavy (non-hydrogen) atoms. The maximum Gasteiger partial charge on any atom is 0.137 e. The quantitative estimate of drug-likeness (QED) is 0.170. The molecular formula is C97H60N8O. The van der Waals surface area contributed by atoms with Gasteiger partial charge in [-0.2, -0.15) is 21.0 Å². The molecule has 0 saturated heterocycles. The summed E-state index contributed by atoms with van der Waals surface area (Å²) < 4.78 is 16.5. The van der Waals surface area contributed by atoms with Gasteiger partial charge in [-0.05, 0) is 181 Å². The van der Waals surface area contributed by atoms with E-state index in [4.69, 9.17) is 4.42 Å². The predicted octanol–water partition coefficient (Wildman–Crippen LogP) is 24.0. The number of hydrogen-bond acceptors (Lipinski definition) is 5. The monoisotopic (exact) mass is 1350 g/mol. The fourth-order valence-corrected chi connectivity index (χ4v) is 19.5. The molecule has 5 heterocycles. The number of nitrogens with zero attached hydrogens (tertiary/aromatic N) is 8. The molecule has 9 nitrogen and oxygen atoms in total. The van der Waals surface area contributed by atoms with Crippen LogP contribution in [0.15, 0.2) is 259 Å². The molecule has 0 saturated carbocycles. The van der Waals surface area contributed by atoms with Gasteiger partial charge in [0, 0.05) is 76.2 Å². The van der Waals surface area contributed by atoms with E-state index < -0.39 is 0 Å². The normalized spacial score (nSPS) is 14.1. The molecule has 0 atom stereocenters. The van der Waals surface area contributed by atoms with Crippen LogP contribution in [0, 0.1) is 45.3 Å². The Bertz CT molecular complexity index is 7370. The second-order valence-corrected chi connectivity index (χ2v) is 30.7. The van der Waals surface area contributed by atoms with Crippen molar-refractivity contribution in [2.24, 2.45) is 0 Å². The summed E-state index contributed by atoms with van der Waals surface area (Å²) >= 11 is 0. The highest BCUT2D eigenvalue weighted by Gasteiger charge is 2.41. The second-order valence-electron chi connectivity index (χ2n) is 30.7. The number of furan rings is 1. The van der Waals surface area contributed by atoms with Crippen LogP contribution in [-0.4, -0.2) is 18.3 Å². The van der Waals surface area contributed by atoms with Crippen LogP contribution in [0.3, 0.4) is 0 Å². The number of para-hydroxylation sites is 3. The van der Waals surface area contributed by atoms with Gasteiger partial charge < -0.3 is 22.7 Å². The van der Waals surface area contributed by atoms with Gasteiger partial charge in [-0.1, -0.05) is 187 Å². The van der Waals surface area contributed by atoms with Crippen molar-refractivity contribution in [1.29, 1.82) is 21.0 Å². The maximum absolute atomic E-state index is 11.1. The van der Waals surface area contributed by atoms with Crippen molar-refractivity contribution < 1.29 is 4.42 Å². The summed E-state index contributed by atoms with van der Waals surface area (Å²) in [5, 5.41) is 54.5. The van der Waals surface area contributed by atoms with Crippen LogP contribution in [0.2, 0.25) is 0 Å².